The second kappa shape index (κ2) is 13.7. The van der Waals surface area contributed by atoms with E-state index >= 15 is 0 Å². The smallest absolute Gasteiger partial charge is 0.254 e. The number of amides is 1. The van der Waals surface area contributed by atoms with Gasteiger partial charge in [0.1, 0.15) is 48.8 Å². The van der Waals surface area contributed by atoms with E-state index in [0.29, 0.717) is 17.9 Å². The maximum atomic E-state index is 13.1. The number of aliphatic hydroxyl groups excluding tert-OH is 8. The molecule has 1 aromatic carbocycles. The molecular weight excluding hydrogens is 592 g/mol. The van der Waals surface area contributed by atoms with Crippen LogP contribution >= 0.6 is 0 Å². The van der Waals surface area contributed by atoms with Crippen molar-refractivity contribution in [3.05, 3.63) is 34.9 Å². The van der Waals surface area contributed by atoms with Crippen molar-refractivity contribution in [1.82, 2.24) is 9.80 Å². The van der Waals surface area contributed by atoms with Gasteiger partial charge in [-0.1, -0.05) is 12.1 Å². The second-order valence-corrected chi connectivity index (χ2v) is 13.2. The van der Waals surface area contributed by atoms with E-state index in [2.05, 4.69) is 28.0 Å². The van der Waals surface area contributed by atoms with Gasteiger partial charge in [0, 0.05) is 30.6 Å². The van der Waals surface area contributed by atoms with Crippen LogP contribution < -0.4 is 0 Å². The number of hydrogen-bond acceptors (Lipinski definition) is 13. The SMILES string of the molecule is O=C1c2cccc3c2[C@H](CCC3)CN1[C@@H]1CN2CCC1CC2.OC[C@H]1O[C@@H](O[C@H]2[C@H](O)[C@@H](O)[C@H](O)O[C@@H]2CO)[C@H](O)[C@@H](O)[C@H]1O. The molecule has 0 aromatic heterocycles. The van der Waals surface area contributed by atoms with Crippen LogP contribution in [0.2, 0.25) is 0 Å². The maximum Gasteiger partial charge on any atom is 0.254 e. The van der Waals surface area contributed by atoms with E-state index in [0.717, 1.165) is 31.0 Å². The Morgan fingerprint density at radius 2 is 1.56 bits per heavy atom. The summed E-state index contributed by atoms with van der Waals surface area (Å²) in [5, 5.41) is 76.5. The predicted octanol–water partition coefficient (Wildman–Crippen LogP) is -2.74. The molecule has 12 atom stereocenters. The quantitative estimate of drug-likeness (QED) is 0.165. The van der Waals surface area contributed by atoms with Gasteiger partial charge in [-0.3, -0.25) is 4.79 Å². The van der Waals surface area contributed by atoms with E-state index in [1.165, 1.54) is 49.9 Å². The zero-order chi connectivity index (χ0) is 32.0. The number of hydrogen-bond donors (Lipinski definition) is 8. The molecule has 0 saturated carbocycles. The van der Waals surface area contributed by atoms with Gasteiger partial charge in [0.15, 0.2) is 12.6 Å². The van der Waals surface area contributed by atoms with Crippen LogP contribution in [0.25, 0.3) is 0 Å². The third kappa shape index (κ3) is 6.28. The molecule has 6 heterocycles. The zero-order valence-corrected chi connectivity index (χ0v) is 25.1. The van der Waals surface area contributed by atoms with Gasteiger partial charge in [0.25, 0.3) is 5.91 Å². The second-order valence-electron chi connectivity index (χ2n) is 13.2. The summed E-state index contributed by atoms with van der Waals surface area (Å²) in [6.07, 6.45) is -9.30. The fourth-order valence-corrected chi connectivity index (χ4v) is 7.98. The van der Waals surface area contributed by atoms with E-state index in [9.17, 15) is 40.5 Å². The highest BCUT2D eigenvalue weighted by Crippen LogP contribution is 2.41. The summed E-state index contributed by atoms with van der Waals surface area (Å²) < 4.78 is 15.3. The van der Waals surface area contributed by atoms with Crippen LogP contribution in [0.3, 0.4) is 0 Å². The number of piperidine rings is 3. The minimum atomic E-state index is -1.74. The Morgan fingerprint density at radius 3 is 2.22 bits per heavy atom. The van der Waals surface area contributed by atoms with Gasteiger partial charge < -0.3 is 64.9 Å². The van der Waals surface area contributed by atoms with E-state index in [4.69, 9.17) is 19.3 Å². The Labute approximate surface area is 261 Å². The number of rotatable bonds is 5. The molecule has 14 nitrogen and oxygen atoms in total. The molecule has 1 aliphatic carbocycles. The summed E-state index contributed by atoms with van der Waals surface area (Å²) in [7, 11) is 0. The van der Waals surface area contributed by atoms with Crippen molar-refractivity contribution in [2.24, 2.45) is 5.92 Å². The lowest BCUT2D eigenvalue weighted by Gasteiger charge is -2.51. The minimum Gasteiger partial charge on any atom is -0.394 e. The van der Waals surface area contributed by atoms with Crippen molar-refractivity contribution >= 4 is 5.91 Å². The first kappa shape index (κ1) is 33.1. The third-order valence-corrected chi connectivity index (χ3v) is 10.5. The van der Waals surface area contributed by atoms with Crippen molar-refractivity contribution < 1.29 is 59.9 Å². The normalized spacial score (nSPS) is 44.2. The summed E-state index contributed by atoms with van der Waals surface area (Å²) in [4.78, 5) is 18.0. The molecule has 252 valence electrons. The van der Waals surface area contributed by atoms with Gasteiger partial charge >= 0.3 is 0 Å². The lowest BCUT2D eigenvalue weighted by molar-refractivity contribution is -0.355. The standard InChI is InChI=1S/C19H24N2O.C12H22O11/c22-19-16-6-2-4-14-3-1-5-15(18(14)16)11-21(19)17-12-20-9-7-13(17)8-10-20;13-1-3-5(15)6(16)9(19)12(22-3)23-10-4(2-14)21-11(20)8(18)7(10)17/h2,4,6,13,15,17H,1,3,5,7-12H2;3-20H,1-2H2/t15-,17-;3-,4-,5+,6+,7-,8-,9-,10-,11-,12+/m11/s1. The topological polar surface area (TPSA) is 213 Å². The summed E-state index contributed by atoms with van der Waals surface area (Å²) in [6.45, 7) is 3.22. The molecule has 0 spiro atoms. The molecule has 0 unspecified atom stereocenters. The van der Waals surface area contributed by atoms with Crippen LogP contribution in [0.5, 0.6) is 0 Å². The molecule has 5 fully saturated rings. The van der Waals surface area contributed by atoms with Gasteiger partial charge in [-0.15, -0.1) is 0 Å². The van der Waals surface area contributed by atoms with E-state index < -0.39 is 74.6 Å². The molecule has 7 aliphatic rings. The van der Waals surface area contributed by atoms with Gasteiger partial charge in [-0.25, -0.2) is 0 Å². The molecule has 8 rings (SSSR count). The number of fused-ring (bicyclic) bond motifs is 3. The molecule has 8 N–H and O–H groups in total. The summed E-state index contributed by atoms with van der Waals surface area (Å²) in [5.74, 6) is 1.64. The van der Waals surface area contributed by atoms with Gasteiger partial charge in [-0.05, 0) is 68.3 Å². The molecule has 14 heteroatoms. The Hall–Kier alpha value is -1.79. The Bertz CT molecular complexity index is 1180. The van der Waals surface area contributed by atoms with Crippen molar-refractivity contribution in [2.45, 2.75) is 105 Å². The number of aliphatic hydroxyl groups is 8. The molecule has 45 heavy (non-hydrogen) atoms. The van der Waals surface area contributed by atoms with Crippen LogP contribution in [0.15, 0.2) is 18.2 Å². The number of carbonyl (C=O) groups excluding carboxylic acids is 1. The number of carbonyl (C=O) groups is 1. The minimum absolute atomic E-state index is 0.314. The average molecular weight is 639 g/mol. The Balaban J connectivity index is 0.000000159. The van der Waals surface area contributed by atoms with E-state index in [1.54, 1.807) is 0 Å². The van der Waals surface area contributed by atoms with Gasteiger partial charge in [-0.2, -0.15) is 0 Å². The molecule has 1 aromatic rings. The molecule has 6 aliphatic heterocycles. The first-order valence-corrected chi connectivity index (χ1v) is 16.0. The van der Waals surface area contributed by atoms with E-state index in [-0.39, 0.29) is 0 Å². The van der Waals surface area contributed by atoms with Crippen LogP contribution in [0, 0.1) is 5.92 Å². The van der Waals surface area contributed by atoms with Gasteiger partial charge in [0.2, 0.25) is 0 Å². The Morgan fingerprint density at radius 1 is 0.822 bits per heavy atom. The monoisotopic (exact) mass is 638 g/mol. The molecule has 1 amide bonds. The first-order valence-electron chi connectivity index (χ1n) is 16.0. The number of ether oxygens (including phenoxy) is 3. The molecular formula is C31H46N2O12. The van der Waals surface area contributed by atoms with Crippen molar-refractivity contribution in [3.8, 4) is 0 Å². The highest BCUT2D eigenvalue weighted by atomic mass is 16.7. The Kier molecular flexibility index (Phi) is 10.1. The van der Waals surface area contributed by atoms with Crippen molar-refractivity contribution in [1.29, 1.82) is 0 Å². The maximum absolute atomic E-state index is 13.1. The van der Waals surface area contributed by atoms with Crippen LogP contribution in [-0.4, -0.2) is 163 Å². The largest absolute Gasteiger partial charge is 0.394 e. The summed E-state index contributed by atoms with van der Waals surface area (Å²) in [6, 6.07) is 6.87. The van der Waals surface area contributed by atoms with Crippen molar-refractivity contribution in [2.75, 3.05) is 39.4 Å². The molecule has 5 saturated heterocycles. The van der Waals surface area contributed by atoms with Crippen molar-refractivity contribution in [3.63, 3.8) is 0 Å². The summed E-state index contributed by atoms with van der Waals surface area (Å²) in [5.41, 5.74) is 3.86. The number of benzene rings is 1. The lowest BCUT2D eigenvalue weighted by Crippen LogP contribution is -2.64. The fourth-order valence-electron chi connectivity index (χ4n) is 7.98. The predicted molar refractivity (Wildman–Crippen MR) is 155 cm³/mol. The number of nitrogens with zero attached hydrogens (tertiary/aromatic N) is 2. The highest BCUT2D eigenvalue weighted by molar-refractivity contribution is 5.98. The van der Waals surface area contributed by atoms with Gasteiger partial charge in [0.05, 0.1) is 13.2 Å². The highest BCUT2D eigenvalue weighted by Gasteiger charge is 2.50. The third-order valence-electron chi connectivity index (χ3n) is 10.5. The summed E-state index contributed by atoms with van der Waals surface area (Å²) >= 11 is 0. The molecule has 0 radical (unpaired) electrons. The van der Waals surface area contributed by atoms with E-state index in [1.807, 2.05) is 0 Å². The number of aryl methyl sites for hydroxylation is 1. The van der Waals surface area contributed by atoms with Crippen LogP contribution in [-0.2, 0) is 20.6 Å². The van der Waals surface area contributed by atoms with Crippen LogP contribution in [0.1, 0.15) is 53.1 Å². The van der Waals surface area contributed by atoms with Crippen LogP contribution in [0.4, 0.5) is 0 Å². The fraction of sp³-hybridized carbons (Fsp3) is 0.774. The average Bonchev–Trinajstić information content (AvgIpc) is 3.07. The zero-order valence-electron chi connectivity index (χ0n) is 25.1. The first-order chi connectivity index (χ1) is 21.6. The lowest BCUT2D eigenvalue weighted by atomic mass is 9.75. The molecule has 2 bridgehead atoms.